The van der Waals surface area contributed by atoms with Crippen molar-refractivity contribution in [1.82, 2.24) is 15.1 Å². The number of likely N-dealkylation sites (tertiary alicyclic amines) is 2. The van der Waals surface area contributed by atoms with Gasteiger partial charge in [-0.15, -0.1) is 0 Å². The first-order chi connectivity index (χ1) is 17.0. The van der Waals surface area contributed by atoms with Gasteiger partial charge in [-0.05, 0) is 63.6 Å². The van der Waals surface area contributed by atoms with Gasteiger partial charge in [-0.3, -0.25) is 14.4 Å². The first-order valence-electron chi connectivity index (χ1n) is 12.8. The van der Waals surface area contributed by atoms with Crippen molar-refractivity contribution in [3.8, 4) is 11.5 Å². The fourth-order valence-electron chi connectivity index (χ4n) is 4.50. The maximum absolute atomic E-state index is 13.1. The molecular weight excluding hydrogens is 450 g/mol. The monoisotopic (exact) mass is 489 g/mol. The van der Waals surface area contributed by atoms with E-state index in [2.05, 4.69) is 5.32 Å². The van der Waals surface area contributed by atoms with E-state index in [-0.39, 0.29) is 30.2 Å². The number of benzene rings is 1. The van der Waals surface area contributed by atoms with Gasteiger partial charge in [0.05, 0.1) is 6.61 Å². The number of rotatable bonds is 11. The van der Waals surface area contributed by atoms with Crippen LogP contribution < -0.4 is 14.8 Å². The first kappa shape index (κ1) is 26.8. The standard InChI is InChI=1S/C26H39N3O6/c1-3-34-23-18-21(8-9-22(23)35-19-24(30)28-13-5-4-6-14-28)26(32)29-15-10-20(11-16-29)25(31)27-12-7-17-33-2/h8-9,18,20H,3-7,10-17,19H2,1-2H3,(H,27,31). The molecule has 1 N–H and O–H groups in total. The summed E-state index contributed by atoms with van der Waals surface area (Å²) in [6.45, 7) is 6.07. The Morgan fingerprint density at radius 2 is 1.71 bits per heavy atom. The molecule has 9 nitrogen and oxygen atoms in total. The Bertz CT molecular complexity index is 847. The number of nitrogens with zero attached hydrogens (tertiary/aromatic N) is 2. The molecule has 2 saturated heterocycles. The molecule has 35 heavy (non-hydrogen) atoms. The topological polar surface area (TPSA) is 97.4 Å². The lowest BCUT2D eigenvalue weighted by atomic mass is 9.95. The highest BCUT2D eigenvalue weighted by atomic mass is 16.5. The summed E-state index contributed by atoms with van der Waals surface area (Å²) in [7, 11) is 1.64. The van der Waals surface area contributed by atoms with Crippen LogP contribution in [0.25, 0.3) is 0 Å². The highest BCUT2D eigenvalue weighted by molar-refractivity contribution is 5.95. The third-order valence-electron chi connectivity index (χ3n) is 6.53. The van der Waals surface area contributed by atoms with Gasteiger partial charge in [-0.2, -0.15) is 0 Å². The second kappa shape index (κ2) is 13.9. The zero-order valence-corrected chi connectivity index (χ0v) is 21.1. The average Bonchev–Trinajstić information content (AvgIpc) is 2.90. The van der Waals surface area contributed by atoms with E-state index in [0.717, 1.165) is 38.8 Å². The van der Waals surface area contributed by atoms with E-state index in [9.17, 15) is 14.4 Å². The van der Waals surface area contributed by atoms with Gasteiger partial charge in [0.1, 0.15) is 0 Å². The van der Waals surface area contributed by atoms with Crippen molar-refractivity contribution in [2.45, 2.75) is 45.4 Å². The van der Waals surface area contributed by atoms with E-state index in [1.165, 1.54) is 0 Å². The molecule has 3 amide bonds. The Hall–Kier alpha value is -2.81. The number of methoxy groups -OCH3 is 1. The molecule has 2 aliphatic heterocycles. The summed E-state index contributed by atoms with van der Waals surface area (Å²) in [4.78, 5) is 41.5. The Morgan fingerprint density at radius 3 is 2.40 bits per heavy atom. The van der Waals surface area contributed by atoms with Gasteiger partial charge in [-0.1, -0.05) is 0 Å². The minimum atomic E-state index is -0.0964. The highest BCUT2D eigenvalue weighted by Gasteiger charge is 2.28. The molecule has 194 valence electrons. The second-order valence-electron chi connectivity index (χ2n) is 9.03. The van der Waals surface area contributed by atoms with Gasteiger partial charge in [-0.25, -0.2) is 0 Å². The van der Waals surface area contributed by atoms with E-state index in [0.29, 0.717) is 62.8 Å². The largest absolute Gasteiger partial charge is 0.490 e. The van der Waals surface area contributed by atoms with Crippen molar-refractivity contribution < 1.29 is 28.6 Å². The van der Waals surface area contributed by atoms with Gasteiger partial charge in [0.25, 0.3) is 11.8 Å². The van der Waals surface area contributed by atoms with Crippen LogP contribution in [0.2, 0.25) is 0 Å². The lowest BCUT2D eigenvalue weighted by Gasteiger charge is -2.31. The van der Waals surface area contributed by atoms with Crippen LogP contribution in [0.5, 0.6) is 11.5 Å². The van der Waals surface area contributed by atoms with Crippen LogP contribution in [0.1, 0.15) is 55.8 Å². The quantitative estimate of drug-likeness (QED) is 0.480. The summed E-state index contributed by atoms with van der Waals surface area (Å²) in [6.07, 6.45) is 5.29. The number of hydrogen-bond donors (Lipinski definition) is 1. The molecule has 0 radical (unpaired) electrons. The number of amides is 3. The Balaban J connectivity index is 1.53. The van der Waals surface area contributed by atoms with Crippen LogP contribution >= 0.6 is 0 Å². The Kier molecular flexibility index (Phi) is 10.7. The Labute approximate surface area is 208 Å². The van der Waals surface area contributed by atoms with Crippen LogP contribution in [-0.4, -0.2) is 87.2 Å². The molecule has 0 aliphatic carbocycles. The lowest BCUT2D eigenvalue weighted by molar-refractivity contribution is -0.134. The van der Waals surface area contributed by atoms with Crippen LogP contribution in [0.4, 0.5) is 0 Å². The van der Waals surface area contributed by atoms with Gasteiger partial charge >= 0.3 is 0 Å². The molecular formula is C26H39N3O6. The smallest absolute Gasteiger partial charge is 0.260 e. The summed E-state index contributed by atoms with van der Waals surface area (Å²) < 4.78 is 16.5. The SMILES string of the molecule is CCOc1cc(C(=O)N2CCC(C(=O)NCCCOC)CC2)ccc1OCC(=O)N1CCCCC1. The van der Waals surface area contributed by atoms with Crippen LogP contribution in [0, 0.1) is 5.92 Å². The predicted molar refractivity (Wildman–Crippen MR) is 132 cm³/mol. The third kappa shape index (κ3) is 7.85. The van der Waals surface area contributed by atoms with E-state index in [4.69, 9.17) is 14.2 Å². The molecule has 1 aromatic carbocycles. The molecule has 0 aromatic heterocycles. The molecule has 0 bridgehead atoms. The number of carbonyl (C=O) groups is 3. The highest BCUT2D eigenvalue weighted by Crippen LogP contribution is 2.30. The van der Waals surface area contributed by atoms with Crippen molar-refractivity contribution in [2.75, 3.05) is 59.7 Å². The molecule has 9 heteroatoms. The number of ether oxygens (including phenoxy) is 3. The lowest BCUT2D eigenvalue weighted by Crippen LogP contribution is -2.43. The summed E-state index contributed by atoms with van der Waals surface area (Å²) in [6, 6.07) is 5.09. The second-order valence-corrected chi connectivity index (χ2v) is 9.03. The number of carbonyl (C=O) groups excluding carboxylic acids is 3. The first-order valence-corrected chi connectivity index (χ1v) is 12.8. The molecule has 1 aromatic rings. The molecule has 0 saturated carbocycles. The van der Waals surface area contributed by atoms with Crippen molar-refractivity contribution in [2.24, 2.45) is 5.92 Å². The zero-order valence-electron chi connectivity index (χ0n) is 21.1. The van der Waals surface area contributed by atoms with Crippen LogP contribution in [-0.2, 0) is 14.3 Å². The molecule has 0 atom stereocenters. The zero-order chi connectivity index (χ0) is 25.0. The van der Waals surface area contributed by atoms with Crippen LogP contribution in [0.15, 0.2) is 18.2 Å². The third-order valence-corrected chi connectivity index (χ3v) is 6.53. The summed E-state index contributed by atoms with van der Waals surface area (Å²) in [5.74, 6) is 0.757. The maximum atomic E-state index is 13.1. The van der Waals surface area contributed by atoms with E-state index < -0.39 is 0 Å². The molecule has 0 spiro atoms. The predicted octanol–water partition coefficient (Wildman–Crippen LogP) is 2.48. The fraction of sp³-hybridized carbons (Fsp3) is 0.654. The minimum Gasteiger partial charge on any atom is -0.490 e. The van der Waals surface area contributed by atoms with Gasteiger partial charge in [0.2, 0.25) is 5.91 Å². The van der Waals surface area contributed by atoms with Gasteiger partial charge in [0, 0.05) is 57.9 Å². The van der Waals surface area contributed by atoms with Crippen molar-refractivity contribution in [3.05, 3.63) is 23.8 Å². The molecule has 2 fully saturated rings. The van der Waals surface area contributed by atoms with Gasteiger partial charge in [0.15, 0.2) is 18.1 Å². The minimum absolute atomic E-state index is 0.0297. The molecule has 3 rings (SSSR count). The summed E-state index contributed by atoms with van der Waals surface area (Å²) in [5.41, 5.74) is 0.505. The normalized spacial score (nSPS) is 16.6. The van der Waals surface area contributed by atoms with E-state index in [1.54, 1.807) is 30.2 Å². The fourth-order valence-corrected chi connectivity index (χ4v) is 4.50. The molecule has 2 heterocycles. The Morgan fingerprint density at radius 1 is 0.971 bits per heavy atom. The van der Waals surface area contributed by atoms with Gasteiger partial charge < -0.3 is 29.3 Å². The average molecular weight is 490 g/mol. The van der Waals surface area contributed by atoms with Crippen molar-refractivity contribution in [1.29, 1.82) is 0 Å². The number of nitrogens with one attached hydrogen (secondary N) is 1. The molecule has 0 unspecified atom stereocenters. The van der Waals surface area contributed by atoms with Crippen molar-refractivity contribution in [3.63, 3.8) is 0 Å². The van der Waals surface area contributed by atoms with Crippen molar-refractivity contribution >= 4 is 17.7 Å². The van der Waals surface area contributed by atoms with E-state index >= 15 is 0 Å². The number of hydrogen-bond acceptors (Lipinski definition) is 6. The molecule has 2 aliphatic rings. The number of piperidine rings is 2. The summed E-state index contributed by atoms with van der Waals surface area (Å²) >= 11 is 0. The maximum Gasteiger partial charge on any atom is 0.260 e. The van der Waals surface area contributed by atoms with E-state index in [1.807, 2.05) is 11.8 Å². The van der Waals surface area contributed by atoms with Crippen LogP contribution in [0.3, 0.4) is 0 Å². The summed E-state index contributed by atoms with van der Waals surface area (Å²) in [5, 5.41) is 2.95.